The van der Waals surface area contributed by atoms with Crippen molar-refractivity contribution in [1.29, 1.82) is 0 Å². The third-order valence-electron chi connectivity index (χ3n) is 6.77. The van der Waals surface area contributed by atoms with Gasteiger partial charge in [-0.25, -0.2) is 9.37 Å². The second kappa shape index (κ2) is 10.1. The maximum Gasteiger partial charge on any atom is 0.290 e. The minimum atomic E-state index is -0.989. The number of primary amides is 1. The summed E-state index contributed by atoms with van der Waals surface area (Å²) < 4.78 is 20.4. The molecule has 0 spiro atoms. The summed E-state index contributed by atoms with van der Waals surface area (Å²) >= 11 is 6.22. The highest BCUT2D eigenvalue weighted by molar-refractivity contribution is 6.30. The molecule has 1 atom stereocenters. The molecular weight excluding hydrogens is 541 g/mol. The van der Waals surface area contributed by atoms with Gasteiger partial charge in [0.2, 0.25) is 0 Å². The second-order valence-electron chi connectivity index (χ2n) is 9.24. The lowest BCUT2D eigenvalue weighted by atomic mass is 10.00. The van der Waals surface area contributed by atoms with Gasteiger partial charge in [0.05, 0.1) is 22.7 Å². The molecule has 2 aromatic carbocycles. The first-order valence-electron chi connectivity index (χ1n) is 12.2. The average Bonchev–Trinajstić information content (AvgIpc) is 3.34. The Morgan fingerprint density at radius 1 is 1.15 bits per heavy atom. The van der Waals surface area contributed by atoms with Crippen LogP contribution in [0.5, 0.6) is 0 Å². The number of amides is 3. The molecule has 0 saturated carbocycles. The number of carbonyl (C=O) groups excluding carboxylic acids is 3. The second-order valence-corrected chi connectivity index (χ2v) is 9.63. The molecule has 1 aliphatic rings. The summed E-state index contributed by atoms with van der Waals surface area (Å²) in [5, 5.41) is 2.52. The molecule has 3 amide bonds. The summed E-state index contributed by atoms with van der Waals surface area (Å²) in [5.41, 5.74) is 6.79. The zero-order valence-corrected chi connectivity index (χ0v) is 22.4. The number of nitrogens with one attached hydrogen (secondary N) is 1. The van der Waals surface area contributed by atoms with E-state index < -0.39 is 23.7 Å². The molecule has 4 aromatic rings. The van der Waals surface area contributed by atoms with Crippen LogP contribution >= 0.6 is 11.6 Å². The predicted octanol–water partition coefficient (Wildman–Crippen LogP) is 4.60. The number of hydrogen-bond donors (Lipinski definition) is 2. The maximum absolute atomic E-state index is 13.9. The number of halogens is 2. The van der Waals surface area contributed by atoms with Gasteiger partial charge >= 0.3 is 0 Å². The molecular formula is C28H23ClFN5O5. The van der Waals surface area contributed by atoms with Crippen molar-refractivity contribution in [3.8, 4) is 11.1 Å². The molecule has 3 heterocycles. The molecule has 10 nitrogen and oxygen atoms in total. The highest BCUT2D eigenvalue weighted by Crippen LogP contribution is 2.42. The van der Waals surface area contributed by atoms with Gasteiger partial charge in [-0.2, -0.15) is 4.74 Å². The van der Waals surface area contributed by atoms with Gasteiger partial charge in [-0.3, -0.25) is 19.2 Å². The number of aromatic nitrogens is 2. The monoisotopic (exact) mass is 563 g/mol. The van der Waals surface area contributed by atoms with Gasteiger partial charge in [0.1, 0.15) is 22.4 Å². The van der Waals surface area contributed by atoms with Crippen LogP contribution in [-0.2, 0) is 7.05 Å². The molecule has 0 aliphatic carbocycles. The quantitative estimate of drug-likeness (QED) is 0.328. The van der Waals surface area contributed by atoms with Crippen LogP contribution in [0, 0.1) is 12.7 Å². The number of hydrogen-bond acceptors (Lipinski definition) is 6. The third-order valence-corrected chi connectivity index (χ3v) is 6.97. The summed E-state index contributed by atoms with van der Waals surface area (Å²) in [6.45, 7) is 3.56. The number of pyridine rings is 1. The molecule has 3 N–H and O–H groups in total. The SMILES string of the molecule is CC[C@@H]1c2c(cc(Cl)nc2C(=O)Nc2ccc(F)c(C(N)=O)c2)C(=O)N1c1ccc(-c2c(C)on(C)c2=O)cc1. The minimum Gasteiger partial charge on any atom is -0.381 e. The number of benzene rings is 2. The Labute approximate surface area is 232 Å². The molecule has 0 unspecified atom stereocenters. The van der Waals surface area contributed by atoms with E-state index in [-0.39, 0.29) is 39.1 Å². The van der Waals surface area contributed by atoms with Crippen molar-refractivity contribution in [1.82, 2.24) is 9.72 Å². The fraction of sp³-hybridized carbons (Fsp3) is 0.179. The third kappa shape index (κ3) is 4.43. The standard InChI is InChI=1S/C28H23ClFN5O5/c1-4-20-23-18(12-21(29)33-24(23)26(37)32-15-7-10-19(30)17(11-15)25(31)36)27(38)35(20)16-8-5-14(6-9-16)22-13(2)40-34(3)28(22)39/h5-12,20H,4H2,1-3H3,(H2,31,36)(H,32,37)/t20-/m1/s1. The molecule has 0 saturated heterocycles. The maximum atomic E-state index is 13.9. The van der Waals surface area contributed by atoms with Crippen LogP contribution in [-0.4, -0.2) is 27.4 Å². The van der Waals surface area contributed by atoms with E-state index in [1.54, 1.807) is 36.1 Å². The number of nitrogens with zero attached hydrogens (tertiary/aromatic N) is 3. The van der Waals surface area contributed by atoms with E-state index in [4.69, 9.17) is 21.9 Å². The van der Waals surface area contributed by atoms with Crippen LogP contribution in [0.1, 0.15) is 61.9 Å². The Kier molecular flexibility index (Phi) is 6.76. The van der Waals surface area contributed by atoms with Crippen molar-refractivity contribution in [3.05, 3.63) is 98.0 Å². The Morgan fingerprint density at radius 3 is 2.45 bits per heavy atom. The molecule has 0 fully saturated rings. The van der Waals surface area contributed by atoms with Gasteiger partial charge in [0, 0.05) is 24.0 Å². The van der Waals surface area contributed by atoms with Gasteiger partial charge in [0.25, 0.3) is 23.3 Å². The van der Waals surface area contributed by atoms with E-state index in [1.807, 2.05) is 6.92 Å². The van der Waals surface area contributed by atoms with Crippen LogP contribution in [0.25, 0.3) is 11.1 Å². The predicted molar refractivity (Wildman–Crippen MR) is 146 cm³/mol. The number of fused-ring (bicyclic) bond motifs is 1. The summed E-state index contributed by atoms with van der Waals surface area (Å²) in [4.78, 5) is 56.7. The van der Waals surface area contributed by atoms with Gasteiger partial charge in [0.15, 0.2) is 0 Å². The Balaban J connectivity index is 1.51. The van der Waals surface area contributed by atoms with Crippen LogP contribution < -0.4 is 21.5 Å². The Hall–Kier alpha value is -4.77. The first kappa shape index (κ1) is 26.8. The summed E-state index contributed by atoms with van der Waals surface area (Å²) in [6, 6.07) is 11.1. The van der Waals surface area contributed by atoms with Crippen LogP contribution in [0.15, 0.2) is 57.8 Å². The fourth-order valence-electron chi connectivity index (χ4n) is 4.99. The molecule has 0 radical (unpaired) electrons. The molecule has 1 aliphatic heterocycles. The van der Waals surface area contributed by atoms with E-state index in [1.165, 1.54) is 19.2 Å². The lowest BCUT2D eigenvalue weighted by Crippen LogP contribution is -2.28. The van der Waals surface area contributed by atoms with Crippen LogP contribution in [0.3, 0.4) is 0 Å². The van der Waals surface area contributed by atoms with E-state index in [9.17, 15) is 23.6 Å². The zero-order valence-electron chi connectivity index (χ0n) is 21.6. The van der Waals surface area contributed by atoms with Gasteiger partial charge in [-0.15, -0.1) is 0 Å². The largest absolute Gasteiger partial charge is 0.381 e. The smallest absolute Gasteiger partial charge is 0.290 e. The highest BCUT2D eigenvalue weighted by Gasteiger charge is 2.41. The number of carbonyl (C=O) groups is 3. The van der Waals surface area contributed by atoms with Crippen molar-refractivity contribution >= 4 is 40.7 Å². The topological polar surface area (TPSA) is 141 Å². The van der Waals surface area contributed by atoms with Crippen molar-refractivity contribution in [3.63, 3.8) is 0 Å². The molecule has 204 valence electrons. The van der Waals surface area contributed by atoms with E-state index >= 15 is 0 Å². The normalized spacial score (nSPS) is 14.4. The summed E-state index contributed by atoms with van der Waals surface area (Å²) in [6.07, 6.45) is 0.438. The zero-order chi connectivity index (χ0) is 28.9. The molecule has 40 heavy (non-hydrogen) atoms. The first-order valence-corrected chi connectivity index (χ1v) is 12.6. The van der Waals surface area contributed by atoms with Gasteiger partial charge in [-0.05, 0) is 55.3 Å². The minimum absolute atomic E-state index is 0.0625. The first-order chi connectivity index (χ1) is 19.0. The number of nitrogens with two attached hydrogens (primary N) is 1. The Morgan fingerprint density at radius 2 is 1.85 bits per heavy atom. The lowest BCUT2D eigenvalue weighted by Gasteiger charge is -2.25. The lowest BCUT2D eigenvalue weighted by molar-refractivity contribution is 0.0985. The molecule has 5 rings (SSSR count). The van der Waals surface area contributed by atoms with Gasteiger partial charge < -0.3 is 20.5 Å². The average molecular weight is 564 g/mol. The fourth-order valence-corrected chi connectivity index (χ4v) is 5.19. The molecule has 2 aromatic heterocycles. The Bertz CT molecular complexity index is 1760. The molecule has 12 heteroatoms. The van der Waals surface area contributed by atoms with Crippen LogP contribution in [0.2, 0.25) is 5.15 Å². The van der Waals surface area contributed by atoms with E-state index in [2.05, 4.69) is 10.3 Å². The highest BCUT2D eigenvalue weighted by atomic mass is 35.5. The van der Waals surface area contributed by atoms with Crippen LogP contribution in [0.4, 0.5) is 15.8 Å². The van der Waals surface area contributed by atoms with Crippen molar-refractivity contribution in [2.24, 2.45) is 12.8 Å². The van der Waals surface area contributed by atoms with Crippen molar-refractivity contribution < 1.29 is 23.3 Å². The summed E-state index contributed by atoms with van der Waals surface area (Å²) in [5.74, 6) is -2.42. The number of anilines is 2. The van der Waals surface area contributed by atoms with Gasteiger partial charge in [-0.1, -0.05) is 30.7 Å². The summed E-state index contributed by atoms with van der Waals surface area (Å²) in [7, 11) is 1.53. The van der Waals surface area contributed by atoms with E-state index in [0.29, 0.717) is 34.6 Å². The van der Waals surface area contributed by atoms with Crippen molar-refractivity contribution in [2.45, 2.75) is 26.3 Å². The van der Waals surface area contributed by atoms with Crippen molar-refractivity contribution in [2.75, 3.05) is 10.2 Å². The van der Waals surface area contributed by atoms with E-state index in [0.717, 1.165) is 16.9 Å². The number of rotatable bonds is 6. The number of aryl methyl sites for hydroxylation is 2. The molecule has 0 bridgehead atoms.